The molecule has 1 aromatic carbocycles. The molecule has 0 aromatic heterocycles. The van der Waals surface area contributed by atoms with Crippen LogP contribution in [0.4, 0.5) is 0 Å². The number of hydrogen-bond donors (Lipinski definition) is 0. The lowest BCUT2D eigenvalue weighted by atomic mass is 10.0. The Hall–Kier alpha value is -1.84. The average molecular weight is 273 g/mol. The van der Waals surface area contributed by atoms with Crippen LogP contribution in [0.1, 0.15) is 36.7 Å². The molecule has 4 heteroatoms. The summed E-state index contributed by atoms with van der Waals surface area (Å²) in [6.07, 6.45) is 0. The summed E-state index contributed by atoms with van der Waals surface area (Å²) in [4.78, 5) is 28.0. The second kappa shape index (κ2) is 5.27. The molecule has 1 aliphatic heterocycles. The summed E-state index contributed by atoms with van der Waals surface area (Å²) in [7, 11) is 0. The maximum Gasteiger partial charge on any atom is 0.254 e. The topological polar surface area (TPSA) is 40.6 Å². The molecule has 1 radical (unpaired) electrons. The Kier molecular flexibility index (Phi) is 3.84. The Bertz CT molecular complexity index is 514. The third-order valence-electron chi connectivity index (χ3n) is 3.52. The van der Waals surface area contributed by atoms with E-state index in [4.69, 9.17) is 0 Å². The Morgan fingerprint density at radius 1 is 1.15 bits per heavy atom. The number of rotatable bonds is 1. The predicted molar refractivity (Wildman–Crippen MR) is 78.3 cm³/mol. The molecule has 0 aliphatic carbocycles. The lowest BCUT2D eigenvalue weighted by Gasteiger charge is -2.42. The molecular formula is C16H21N2O2. The van der Waals surface area contributed by atoms with E-state index in [1.165, 1.54) is 0 Å². The van der Waals surface area contributed by atoms with E-state index in [0.29, 0.717) is 18.7 Å². The van der Waals surface area contributed by atoms with Gasteiger partial charge in [-0.3, -0.25) is 9.59 Å². The molecule has 0 N–H and O–H groups in total. The lowest BCUT2D eigenvalue weighted by molar-refractivity contribution is -0.140. The van der Waals surface area contributed by atoms with Gasteiger partial charge in [-0.15, -0.1) is 0 Å². The summed E-state index contributed by atoms with van der Waals surface area (Å²) >= 11 is 0. The van der Waals surface area contributed by atoms with E-state index < -0.39 is 0 Å². The number of hydrogen-bond acceptors (Lipinski definition) is 2. The molecule has 1 heterocycles. The zero-order chi connectivity index (χ0) is 14.9. The third kappa shape index (κ3) is 3.00. The number of carbonyl (C=O) groups is 2. The van der Waals surface area contributed by atoms with Crippen LogP contribution in [0, 0.1) is 6.92 Å². The van der Waals surface area contributed by atoms with Crippen LogP contribution >= 0.6 is 0 Å². The fourth-order valence-electron chi connectivity index (χ4n) is 2.39. The Labute approximate surface area is 120 Å². The molecule has 0 unspecified atom stereocenters. The molecule has 0 atom stereocenters. The van der Waals surface area contributed by atoms with E-state index in [9.17, 15) is 9.59 Å². The van der Waals surface area contributed by atoms with Gasteiger partial charge >= 0.3 is 0 Å². The number of nitrogens with zero attached hydrogens (tertiary/aromatic N) is 2. The van der Waals surface area contributed by atoms with E-state index in [1.807, 2.05) is 25.7 Å². The zero-order valence-corrected chi connectivity index (χ0v) is 12.3. The van der Waals surface area contributed by atoms with Crippen molar-refractivity contribution >= 4 is 11.8 Å². The smallest absolute Gasteiger partial charge is 0.254 e. The summed E-state index contributed by atoms with van der Waals surface area (Å²) in [6, 6.07) is 7.12. The molecule has 2 rings (SSSR count). The molecule has 2 amide bonds. The van der Waals surface area contributed by atoms with E-state index >= 15 is 0 Å². The Balaban J connectivity index is 2.08. The van der Waals surface area contributed by atoms with Gasteiger partial charge in [-0.2, -0.15) is 0 Å². The van der Waals surface area contributed by atoms with Crippen LogP contribution in [-0.2, 0) is 4.79 Å². The van der Waals surface area contributed by atoms with Crippen LogP contribution in [0.5, 0.6) is 0 Å². The van der Waals surface area contributed by atoms with Crippen LogP contribution in [0.2, 0.25) is 0 Å². The minimum atomic E-state index is -0.193. The summed E-state index contributed by atoms with van der Waals surface area (Å²) in [5.74, 6) is -0.0854. The van der Waals surface area contributed by atoms with Crippen molar-refractivity contribution in [2.45, 2.75) is 26.3 Å². The van der Waals surface area contributed by atoms with Crippen molar-refractivity contribution in [2.75, 3.05) is 19.6 Å². The highest BCUT2D eigenvalue weighted by molar-refractivity contribution is 5.97. The summed E-state index contributed by atoms with van der Waals surface area (Å²) < 4.78 is 0. The molecule has 20 heavy (non-hydrogen) atoms. The summed E-state index contributed by atoms with van der Waals surface area (Å²) in [6.45, 7) is 11.1. The van der Waals surface area contributed by atoms with Gasteiger partial charge in [0.15, 0.2) is 0 Å². The lowest BCUT2D eigenvalue weighted by Crippen LogP contribution is -2.58. The normalized spacial score (nSPS) is 16.5. The number of amides is 2. The molecule has 0 spiro atoms. The molecule has 107 valence electrons. The fraction of sp³-hybridized carbons (Fsp3) is 0.438. The number of carbonyl (C=O) groups excluding carboxylic acids is 2. The van der Waals surface area contributed by atoms with Gasteiger partial charge in [-0.25, -0.2) is 0 Å². The van der Waals surface area contributed by atoms with Crippen molar-refractivity contribution in [1.29, 1.82) is 0 Å². The highest BCUT2D eigenvalue weighted by Gasteiger charge is 2.33. The van der Waals surface area contributed by atoms with Gasteiger partial charge in [0.05, 0.1) is 0 Å². The molecular weight excluding hydrogens is 252 g/mol. The van der Waals surface area contributed by atoms with Crippen molar-refractivity contribution < 1.29 is 9.59 Å². The van der Waals surface area contributed by atoms with Crippen LogP contribution < -0.4 is 0 Å². The first-order chi connectivity index (χ1) is 9.29. The monoisotopic (exact) mass is 273 g/mol. The molecule has 1 fully saturated rings. The van der Waals surface area contributed by atoms with Crippen molar-refractivity contribution in [3.63, 3.8) is 0 Å². The number of benzene rings is 1. The summed E-state index contributed by atoms with van der Waals surface area (Å²) in [5.41, 5.74) is 1.28. The van der Waals surface area contributed by atoms with Gasteiger partial charge < -0.3 is 9.80 Å². The van der Waals surface area contributed by atoms with E-state index in [1.54, 1.807) is 29.2 Å². The van der Waals surface area contributed by atoms with Crippen LogP contribution in [-0.4, -0.2) is 46.8 Å². The van der Waals surface area contributed by atoms with Crippen molar-refractivity contribution in [1.82, 2.24) is 9.80 Å². The summed E-state index contributed by atoms with van der Waals surface area (Å²) in [5, 5.41) is 0. The van der Waals surface area contributed by atoms with Crippen molar-refractivity contribution in [3.05, 3.63) is 42.3 Å². The standard InChI is InChI=1S/C16H21N2O2/c1-12-5-7-13(8-6-12)15(20)17-9-10-18(14(19)11-17)16(2,3)4/h5-8H,1,9-11H2,2-4H3. The second-order valence-corrected chi connectivity index (χ2v) is 6.14. The minimum Gasteiger partial charge on any atom is -0.335 e. The Morgan fingerprint density at radius 2 is 1.75 bits per heavy atom. The van der Waals surface area contributed by atoms with Crippen LogP contribution in [0.15, 0.2) is 24.3 Å². The molecule has 1 aliphatic rings. The number of piperazine rings is 1. The van der Waals surface area contributed by atoms with Gasteiger partial charge in [0.25, 0.3) is 5.91 Å². The second-order valence-electron chi connectivity index (χ2n) is 6.14. The maximum absolute atomic E-state index is 12.3. The first kappa shape index (κ1) is 14.6. The SMILES string of the molecule is [CH2]c1ccc(C(=O)N2CCN(C(C)(C)C)C(=O)C2)cc1. The van der Waals surface area contributed by atoms with Gasteiger partial charge in [-0.1, -0.05) is 12.1 Å². The van der Waals surface area contributed by atoms with E-state index in [-0.39, 0.29) is 23.9 Å². The van der Waals surface area contributed by atoms with Crippen molar-refractivity contribution in [2.24, 2.45) is 0 Å². The quantitative estimate of drug-likeness (QED) is 0.784. The largest absolute Gasteiger partial charge is 0.335 e. The van der Waals surface area contributed by atoms with Crippen LogP contribution in [0.25, 0.3) is 0 Å². The fourth-order valence-corrected chi connectivity index (χ4v) is 2.39. The van der Waals surface area contributed by atoms with Gasteiger partial charge in [0.1, 0.15) is 6.54 Å². The predicted octanol–water partition coefficient (Wildman–Crippen LogP) is 1.95. The van der Waals surface area contributed by atoms with Gasteiger partial charge in [-0.05, 0) is 45.4 Å². The van der Waals surface area contributed by atoms with Gasteiger partial charge in [0.2, 0.25) is 5.91 Å². The highest BCUT2D eigenvalue weighted by Crippen LogP contribution is 2.18. The first-order valence-electron chi connectivity index (χ1n) is 6.81. The van der Waals surface area contributed by atoms with Crippen molar-refractivity contribution in [3.8, 4) is 0 Å². The minimum absolute atomic E-state index is 0.00544. The molecule has 0 bridgehead atoms. The zero-order valence-electron chi connectivity index (χ0n) is 12.3. The average Bonchev–Trinajstić information content (AvgIpc) is 2.37. The third-order valence-corrected chi connectivity index (χ3v) is 3.52. The first-order valence-corrected chi connectivity index (χ1v) is 6.81. The van der Waals surface area contributed by atoms with E-state index in [0.717, 1.165) is 5.56 Å². The maximum atomic E-state index is 12.3. The van der Waals surface area contributed by atoms with E-state index in [2.05, 4.69) is 6.92 Å². The van der Waals surface area contributed by atoms with Gasteiger partial charge in [0, 0.05) is 24.2 Å². The Morgan fingerprint density at radius 3 is 2.25 bits per heavy atom. The molecule has 0 saturated carbocycles. The molecule has 1 aromatic rings. The molecule has 4 nitrogen and oxygen atoms in total. The molecule has 1 saturated heterocycles. The highest BCUT2D eigenvalue weighted by atomic mass is 16.2. The van der Waals surface area contributed by atoms with Crippen LogP contribution in [0.3, 0.4) is 0 Å².